The molecule has 0 aliphatic carbocycles. The summed E-state index contributed by atoms with van der Waals surface area (Å²) in [4.78, 5) is 27.1. The number of carbonyl (C=O) groups is 2. The van der Waals surface area contributed by atoms with E-state index >= 15 is 0 Å². The molecule has 2 aromatic rings. The van der Waals surface area contributed by atoms with Gasteiger partial charge in [-0.1, -0.05) is 35.9 Å². The number of nitrogens with one attached hydrogen (secondary N) is 2. The Hall–Kier alpha value is -2.57. The molecule has 27 heavy (non-hydrogen) atoms. The molecule has 0 aromatic heterocycles. The Labute approximate surface area is 163 Å². The molecule has 0 radical (unpaired) electrons. The van der Waals surface area contributed by atoms with Gasteiger partial charge in [0.05, 0.1) is 5.69 Å². The summed E-state index contributed by atoms with van der Waals surface area (Å²) in [5, 5.41) is 5.10. The summed E-state index contributed by atoms with van der Waals surface area (Å²) in [6, 6.07) is 14.5. The first kappa shape index (κ1) is 17.8. The molecule has 140 valence electrons. The maximum Gasteiger partial charge on any atom is 0.338 e. The van der Waals surface area contributed by atoms with Crippen molar-refractivity contribution in [3.63, 3.8) is 0 Å². The summed E-state index contributed by atoms with van der Waals surface area (Å²) in [5.74, 6) is 0.0407. The van der Waals surface area contributed by atoms with Gasteiger partial charge >= 0.3 is 6.03 Å². The standard InChI is InChI=1S/C20H21ClN4O2/c1-14-5-2-3-8-17(14)18(26)24-11-9-20(10-12-24)22-19(27)25(23-20)16-7-4-6-15(21)13-16/h2-8,13,23H,9-12H2,1H3,(H,22,27). The molecule has 0 saturated carbocycles. The third kappa shape index (κ3) is 3.38. The number of hydrogen-bond donors (Lipinski definition) is 2. The van der Waals surface area contributed by atoms with Crippen LogP contribution in [0.25, 0.3) is 0 Å². The van der Waals surface area contributed by atoms with E-state index in [1.54, 1.807) is 18.2 Å². The van der Waals surface area contributed by atoms with Crippen molar-refractivity contribution in [1.82, 2.24) is 15.6 Å². The van der Waals surface area contributed by atoms with Crippen LogP contribution < -0.4 is 15.8 Å². The van der Waals surface area contributed by atoms with Crippen LogP contribution in [0.4, 0.5) is 10.5 Å². The highest BCUT2D eigenvalue weighted by Crippen LogP contribution is 2.29. The van der Waals surface area contributed by atoms with Crippen LogP contribution in [0.2, 0.25) is 5.02 Å². The van der Waals surface area contributed by atoms with E-state index in [-0.39, 0.29) is 11.9 Å². The highest BCUT2D eigenvalue weighted by atomic mass is 35.5. The molecule has 2 aliphatic heterocycles. The predicted molar refractivity (Wildman–Crippen MR) is 105 cm³/mol. The summed E-state index contributed by atoms with van der Waals surface area (Å²) in [6.45, 7) is 3.09. The number of benzene rings is 2. The minimum absolute atomic E-state index is 0.0407. The van der Waals surface area contributed by atoms with Gasteiger partial charge in [0.2, 0.25) is 0 Å². The van der Waals surface area contributed by atoms with E-state index in [1.165, 1.54) is 5.01 Å². The number of hydrazine groups is 1. The lowest BCUT2D eigenvalue weighted by Gasteiger charge is -2.39. The number of nitrogens with zero attached hydrogens (tertiary/aromatic N) is 2. The second-order valence-electron chi connectivity index (χ2n) is 7.05. The second-order valence-corrected chi connectivity index (χ2v) is 7.48. The van der Waals surface area contributed by atoms with Gasteiger partial charge in [-0.15, -0.1) is 0 Å². The minimum atomic E-state index is -0.540. The molecular formula is C20H21ClN4O2. The summed E-state index contributed by atoms with van der Waals surface area (Å²) in [5.41, 5.74) is 5.14. The molecule has 2 saturated heterocycles. The van der Waals surface area contributed by atoms with Crippen LogP contribution in [-0.4, -0.2) is 35.6 Å². The van der Waals surface area contributed by atoms with Crippen LogP contribution in [0, 0.1) is 6.92 Å². The van der Waals surface area contributed by atoms with Crippen LogP contribution >= 0.6 is 11.6 Å². The van der Waals surface area contributed by atoms with Gasteiger partial charge in [-0.3, -0.25) is 4.79 Å². The Balaban J connectivity index is 1.45. The molecule has 0 atom stereocenters. The number of aryl methyl sites for hydroxylation is 1. The third-order valence-electron chi connectivity index (χ3n) is 5.22. The molecule has 2 aliphatic rings. The normalized spacial score (nSPS) is 18.7. The number of urea groups is 1. The number of carbonyl (C=O) groups excluding carboxylic acids is 2. The first-order valence-electron chi connectivity index (χ1n) is 8.98. The monoisotopic (exact) mass is 384 g/mol. The summed E-state index contributed by atoms with van der Waals surface area (Å²) >= 11 is 6.04. The van der Waals surface area contributed by atoms with Gasteiger partial charge in [0, 0.05) is 36.5 Å². The number of likely N-dealkylation sites (tertiary alicyclic amines) is 1. The lowest BCUT2D eigenvalue weighted by molar-refractivity contribution is 0.0640. The fourth-order valence-corrected chi connectivity index (χ4v) is 3.85. The number of hydrogen-bond acceptors (Lipinski definition) is 3. The van der Waals surface area contributed by atoms with E-state index in [0.29, 0.717) is 36.6 Å². The number of halogens is 1. The van der Waals surface area contributed by atoms with E-state index in [0.717, 1.165) is 11.1 Å². The van der Waals surface area contributed by atoms with Gasteiger partial charge < -0.3 is 10.2 Å². The quantitative estimate of drug-likeness (QED) is 0.834. The van der Waals surface area contributed by atoms with Crippen molar-refractivity contribution in [3.8, 4) is 0 Å². The molecule has 6 nitrogen and oxygen atoms in total. The zero-order chi connectivity index (χ0) is 19.0. The van der Waals surface area contributed by atoms with Gasteiger partial charge in [0.25, 0.3) is 5.91 Å². The van der Waals surface area contributed by atoms with Crippen LogP contribution in [-0.2, 0) is 0 Å². The molecule has 4 rings (SSSR count). The topological polar surface area (TPSA) is 64.7 Å². The van der Waals surface area contributed by atoms with Gasteiger partial charge in [-0.05, 0) is 36.8 Å². The molecule has 3 amide bonds. The van der Waals surface area contributed by atoms with Crippen molar-refractivity contribution in [2.24, 2.45) is 0 Å². The molecule has 2 aromatic carbocycles. The fraction of sp³-hybridized carbons (Fsp3) is 0.300. The van der Waals surface area contributed by atoms with Crippen molar-refractivity contribution in [3.05, 3.63) is 64.7 Å². The Morgan fingerprint density at radius 3 is 2.56 bits per heavy atom. The largest absolute Gasteiger partial charge is 0.338 e. The molecule has 7 heteroatoms. The number of piperidine rings is 1. The summed E-state index contributed by atoms with van der Waals surface area (Å²) in [6.07, 6.45) is 1.26. The second kappa shape index (κ2) is 6.87. The Morgan fingerprint density at radius 2 is 1.85 bits per heavy atom. The van der Waals surface area contributed by atoms with Crippen molar-refractivity contribution >= 4 is 29.2 Å². The first-order valence-corrected chi connectivity index (χ1v) is 9.36. The SMILES string of the molecule is Cc1ccccc1C(=O)N1CCC2(CC1)NC(=O)N(c1cccc(Cl)c1)N2. The minimum Gasteiger partial charge on any atom is -0.338 e. The van der Waals surface area contributed by atoms with Crippen molar-refractivity contribution < 1.29 is 9.59 Å². The zero-order valence-electron chi connectivity index (χ0n) is 15.0. The first-order chi connectivity index (χ1) is 13.0. The molecule has 0 bridgehead atoms. The molecule has 0 unspecified atom stereocenters. The molecule has 2 fully saturated rings. The van der Waals surface area contributed by atoms with E-state index in [9.17, 15) is 9.59 Å². The van der Waals surface area contributed by atoms with Gasteiger partial charge in [0.1, 0.15) is 5.66 Å². The summed E-state index contributed by atoms with van der Waals surface area (Å²) in [7, 11) is 0. The maximum atomic E-state index is 12.8. The number of amides is 3. The molecule has 2 heterocycles. The van der Waals surface area contributed by atoms with E-state index in [4.69, 9.17) is 11.6 Å². The van der Waals surface area contributed by atoms with Crippen LogP contribution in [0.3, 0.4) is 0 Å². The van der Waals surface area contributed by atoms with Gasteiger partial charge in [-0.2, -0.15) is 0 Å². The van der Waals surface area contributed by atoms with E-state index in [2.05, 4.69) is 10.7 Å². The molecule has 1 spiro atoms. The van der Waals surface area contributed by atoms with Crippen molar-refractivity contribution in [2.45, 2.75) is 25.4 Å². The highest BCUT2D eigenvalue weighted by molar-refractivity contribution is 6.30. The Bertz CT molecular complexity index is 893. The van der Waals surface area contributed by atoms with E-state index in [1.807, 2.05) is 42.2 Å². The zero-order valence-corrected chi connectivity index (χ0v) is 15.8. The smallest absolute Gasteiger partial charge is 0.338 e. The number of anilines is 1. The van der Waals surface area contributed by atoms with Crippen LogP contribution in [0.1, 0.15) is 28.8 Å². The van der Waals surface area contributed by atoms with Gasteiger partial charge in [0.15, 0.2) is 0 Å². The average Bonchev–Trinajstić information content (AvgIpc) is 2.98. The van der Waals surface area contributed by atoms with Crippen LogP contribution in [0.15, 0.2) is 48.5 Å². The third-order valence-corrected chi connectivity index (χ3v) is 5.46. The lowest BCUT2D eigenvalue weighted by Crippen LogP contribution is -2.58. The average molecular weight is 385 g/mol. The maximum absolute atomic E-state index is 12.8. The van der Waals surface area contributed by atoms with Gasteiger partial charge in [-0.25, -0.2) is 15.2 Å². The van der Waals surface area contributed by atoms with Crippen molar-refractivity contribution in [1.29, 1.82) is 0 Å². The summed E-state index contributed by atoms with van der Waals surface area (Å²) < 4.78 is 0. The van der Waals surface area contributed by atoms with Crippen molar-refractivity contribution in [2.75, 3.05) is 18.1 Å². The number of rotatable bonds is 2. The van der Waals surface area contributed by atoms with Crippen LogP contribution in [0.5, 0.6) is 0 Å². The Kier molecular flexibility index (Phi) is 4.53. The highest BCUT2D eigenvalue weighted by Gasteiger charge is 2.45. The molecule has 2 N–H and O–H groups in total. The lowest BCUT2D eigenvalue weighted by atomic mass is 9.97. The fourth-order valence-electron chi connectivity index (χ4n) is 3.66. The van der Waals surface area contributed by atoms with E-state index < -0.39 is 5.66 Å². The predicted octanol–water partition coefficient (Wildman–Crippen LogP) is 3.32. The Morgan fingerprint density at radius 1 is 1.11 bits per heavy atom. The molecular weight excluding hydrogens is 364 g/mol.